The Morgan fingerprint density at radius 2 is 2.71 bits per heavy atom. The number of hydrogen-bond donors (Lipinski definition) is 0. The predicted octanol–water partition coefficient (Wildman–Crippen LogP) is 1.22. The fraction of sp³-hybridized carbons (Fsp3) is 0.400. The molecule has 0 aromatic heterocycles. The largest absolute Gasteiger partial charge is 0.363 e. The zero-order chi connectivity index (χ0) is 5.11. The van der Waals surface area contributed by atoms with Crippen molar-refractivity contribution in [2.24, 2.45) is 0 Å². The number of alkyl halides is 1. The Kier molecular flexibility index (Phi) is 1.71. The van der Waals surface area contributed by atoms with Crippen LogP contribution in [0.2, 0.25) is 0 Å². The van der Waals surface area contributed by atoms with Crippen LogP contribution in [-0.2, 0) is 4.74 Å². The van der Waals surface area contributed by atoms with Gasteiger partial charge in [-0.05, 0) is 0 Å². The molecule has 2 radical (unpaired) electrons. The molecular formula is C5H5ClO. The van der Waals surface area contributed by atoms with Gasteiger partial charge in [-0.15, -0.1) is 11.6 Å². The first-order chi connectivity index (χ1) is 3.39. The molecule has 7 heavy (non-hydrogen) atoms. The molecule has 1 unspecified atom stereocenters. The maximum absolute atomic E-state index is 5.49. The zero-order valence-electron chi connectivity index (χ0n) is 3.73. The third kappa shape index (κ3) is 1.49. The summed E-state index contributed by atoms with van der Waals surface area (Å²) in [7, 11) is 0. The van der Waals surface area contributed by atoms with Gasteiger partial charge in [0.25, 0.3) is 0 Å². The first-order valence-electron chi connectivity index (χ1n) is 2.07. The number of rotatable bonds is 0. The molecule has 1 rings (SSSR count). The molecule has 0 aliphatic carbocycles. The molecule has 0 N–H and O–H groups in total. The minimum atomic E-state index is -0.145. The smallest absolute Gasteiger partial charge is 0.156 e. The maximum atomic E-state index is 5.49. The topological polar surface area (TPSA) is 9.23 Å². The van der Waals surface area contributed by atoms with Gasteiger partial charge in [-0.1, -0.05) is 12.2 Å². The fourth-order valence-electron chi connectivity index (χ4n) is 0.390. The van der Waals surface area contributed by atoms with Crippen molar-refractivity contribution in [2.45, 2.75) is 5.38 Å². The van der Waals surface area contributed by atoms with E-state index in [9.17, 15) is 0 Å². The Labute approximate surface area is 47.9 Å². The molecule has 0 bridgehead atoms. The van der Waals surface area contributed by atoms with Gasteiger partial charge in [-0.2, -0.15) is 0 Å². The van der Waals surface area contributed by atoms with Crippen molar-refractivity contribution in [3.05, 3.63) is 18.8 Å². The van der Waals surface area contributed by atoms with Crippen LogP contribution in [0.25, 0.3) is 0 Å². The third-order valence-electron chi connectivity index (χ3n) is 0.681. The minimum absolute atomic E-state index is 0.145. The molecule has 0 saturated carbocycles. The lowest BCUT2D eigenvalue weighted by molar-refractivity contribution is 0.224. The Morgan fingerprint density at radius 1 is 1.86 bits per heavy atom. The summed E-state index contributed by atoms with van der Waals surface area (Å²) in [4.78, 5) is 0. The van der Waals surface area contributed by atoms with Crippen molar-refractivity contribution in [1.82, 2.24) is 0 Å². The van der Waals surface area contributed by atoms with Gasteiger partial charge in [0, 0.05) is 0 Å². The van der Waals surface area contributed by atoms with Gasteiger partial charge in [-0.25, -0.2) is 0 Å². The zero-order valence-corrected chi connectivity index (χ0v) is 4.48. The van der Waals surface area contributed by atoms with Gasteiger partial charge < -0.3 is 4.74 Å². The van der Waals surface area contributed by atoms with Crippen molar-refractivity contribution >= 4 is 11.6 Å². The Morgan fingerprint density at radius 3 is 3.00 bits per heavy atom. The van der Waals surface area contributed by atoms with E-state index in [0.717, 1.165) is 0 Å². The van der Waals surface area contributed by atoms with Crippen LogP contribution in [0.3, 0.4) is 0 Å². The second-order valence-corrected chi connectivity index (χ2v) is 1.73. The highest BCUT2D eigenvalue weighted by Crippen LogP contribution is 2.07. The lowest BCUT2D eigenvalue weighted by Gasteiger charge is -2.05. The van der Waals surface area contributed by atoms with Crippen molar-refractivity contribution in [1.29, 1.82) is 0 Å². The Bertz CT molecular complexity index is 80.1. The highest BCUT2D eigenvalue weighted by Gasteiger charge is 2.03. The molecular weight excluding hydrogens is 112 g/mol. The van der Waals surface area contributed by atoms with Crippen LogP contribution in [0.4, 0.5) is 0 Å². The number of ether oxygens (including phenoxy) is 1. The molecule has 0 amide bonds. The average Bonchev–Trinajstić information content (AvgIpc) is 1.69. The number of halogens is 1. The molecule has 0 aromatic carbocycles. The van der Waals surface area contributed by atoms with Gasteiger partial charge in [0.2, 0.25) is 0 Å². The first-order valence-corrected chi connectivity index (χ1v) is 2.51. The summed E-state index contributed by atoms with van der Waals surface area (Å²) in [6, 6.07) is 0. The molecule has 1 heterocycles. The van der Waals surface area contributed by atoms with Crippen molar-refractivity contribution in [3.8, 4) is 0 Å². The number of hydrogen-bond acceptors (Lipinski definition) is 1. The Balaban J connectivity index is 2.36. The molecule has 2 heteroatoms. The average molecular weight is 117 g/mol. The molecule has 1 aliphatic heterocycles. The lowest BCUT2D eigenvalue weighted by atomic mass is 10.3. The van der Waals surface area contributed by atoms with E-state index in [1.165, 1.54) is 0 Å². The van der Waals surface area contributed by atoms with Crippen LogP contribution in [-0.4, -0.2) is 12.0 Å². The summed E-state index contributed by atoms with van der Waals surface area (Å²) in [5.41, 5.74) is 0. The summed E-state index contributed by atoms with van der Waals surface area (Å²) < 4.78 is 4.71. The van der Waals surface area contributed by atoms with Gasteiger partial charge in [0.05, 0.1) is 12.0 Å². The molecule has 1 aliphatic rings. The molecule has 0 aromatic rings. The van der Waals surface area contributed by atoms with Crippen LogP contribution in [0.1, 0.15) is 0 Å². The van der Waals surface area contributed by atoms with E-state index in [4.69, 9.17) is 16.3 Å². The van der Waals surface area contributed by atoms with Gasteiger partial charge in [0.15, 0.2) is 6.61 Å². The third-order valence-corrected chi connectivity index (χ3v) is 0.915. The van der Waals surface area contributed by atoms with Gasteiger partial charge >= 0.3 is 0 Å². The normalized spacial score (nSPS) is 30.7. The summed E-state index contributed by atoms with van der Waals surface area (Å²) in [5, 5.41) is -0.145. The SMILES string of the molecule is ClC1[C]OCC=C1. The molecule has 38 valence electrons. The summed E-state index contributed by atoms with van der Waals surface area (Å²) in [6.45, 7) is 3.17. The summed E-state index contributed by atoms with van der Waals surface area (Å²) in [6.07, 6.45) is 3.71. The van der Waals surface area contributed by atoms with Crippen LogP contribution in [0.5, 0.6) is 0 Å². The van der Waals surface area contributed by atoms with E-state index < -0.39 is 0 Å². The standard InChI is InChI=1S/C5H5ClO/c6-5-2-1-3-7-4-5/h1-2,5H,3H2. The van der Waals surface area contributed by atoms with Crippen molar-refractivity contribution in [3.63, 3.8) is 0 Å². The van der Waals surface area contributed by atoms with Crippen LogP contribution in [0, 0.1) is 6.61 Å². The second-order valence-electron chi connectivity index (χ2n) is 1.26. The van der Waals surface area contributed by atoms with Gasteiger partial charge in [0.1, 0.15) is 0 Å². The lowest BCUT2D eigenvalue weighted by Crippen LogP contribution is -2.04. The second kappa shape index (κ2) is 2.34. The van der Waals surface area contributed by atoms with Crippen LogP contribution < -0.4 is 0 Å². The van der Waals surface area contributed by atoms with Crippen LogP contribution >= 0.6 is 11.6 Å². The monoisotopic (exact) mass is 116 g/mol. The van der Waals surface area contributed by atoms with Crippen molar-refractivity contribution in [2.75, 3.05) is 6.61 Å². The molecule has 0 fully saturated rings. The van der Waals surface area contributed by atoms with Gasteiger partial charge in [-0.3, -0.25) is 0 Å². The predicted molar refractivity (Wildman–Crippen MR) is 28.0 cm³/mol. The summed E-state index contributed by atoms with van der Waals surface area (Å²) in [5.74, 6) is 0. The highest BCUT2D eigenvalue weighted by molar-refractivity contribution is 6.22. The molecule has 0 spiro atoms. The minimum Gasteiger partial charge on any atom is -0.363 e. The van der Waals surface area contributed by atoms with E-state index in [0.29, 0.717) is 6.61 Å². The van der Waals surface area contributed by atoms with Crippen LogP contribution in [0.15, 0.2) is 12.2 Å². The van der Waals surface area contributed by atoms with E-state index in [2.05, 4.69) is 6.61 Å². The molecule has 0 saturated heterocycles. The fourth-order valence-corrected chi connectivity index (χ4v) is 0.556. The first kappa shape index (κ1) is 5.13. The van der Waals surface area contributed by atoms with E-state index >= 15 is 0 Å². The van der Waals surface area contributed by atoms with Crippen molar-refractivity contribution < 1.29 is 4.74 Å². The van der Waals surface area contributed by atoms with E-state index in [1.54, 1.807) is 0 Å². The molecule has 1 nitrogen and oxygen atoms in total. The highest BCUT2D eigenvalue weighted by atomic mass is 35.5. The van der Waals surface area contributed by atoms with E-state index in [-0.39, 0.29) is 5.38 Å². The molecule has 1 atom stereocenters. The van der Waals surface area contributed by atoms with E-state index in [1.807, 2.05) is 12.2 Å². The summed E-state index contributed by atoms with van der Waals surface area (Å²) >= 11 is 5.49. The maximum Gasteiger partial charge on any atom is 0.156 e. The quantitative estimate of drug-likeness (QED) is 0.342. The Hall–Kier alpha value is -0.0100.